The number of rotatable bonds is 2. The van der Waals surface area contributed by atoms with Gasteiger partial charge >= 0.3 is 11.9 Å². The molecule has 0 saturated carbocycles. The standard InChI is InChI=1S/C8H10F3N3O2/c1-13-3-2-6(15)14(7(13)16)5(4-12)8(9,10)11/h2-3,5H,4,12H2,1H3. The Morgan fingerprint density at radius 2 is 2.00 bits per heavy atom. The topological polar surface area (TPSA) is 70.0 Å². The highest BCUT2D eigenvalue weighted by Crippen LogP contribution is 2.27. The van der Waals surface area contributed by atoms with E-state index in [0.717, 1.165) is 16.8 Å². The maximum absolute atomic E-state index is 12.5. The molecule has 0 aromatic carbocycles. The van der Waals surface area contributed by atoms with Gasteiger partial charge in [-0.05, 0) is 0 Å². The first kappa shape index (κ1) is 12.5. The summed E-state index contributed by atoms with van der Waals surface area (Å²) in [6, 6.07) is -1.41. The second kappa shape index (κ2) is 4.12. The number of nitrogens with two attached hydrogens (primary N) is 1. The van der Waals surface area contributed by atoms with Gasteiger partial charge < -0.3 is 10.3 Å². The van der Waals surface area contributed by atoms with Gasteiger partial charge in [0.25, 0.3) is 5.56 Å². The second-order valence-corrected chi connectivity index (χ2v) is 3.21. The van der Waals surface area contributed by atoms with Gasteiger partial charge in [-0.3, -0.25) is 4.79 Å². The van der Waals surface area contributed by atoms with E-state index >= 15 is 0 Å². The first-order valence-electron chi connectivity index (χ1n) is 4.34. The van der Waals surface area contributed by atoms with Crippen LogP contribution in [-0.2, 0) is 7.05 Å². The second-order valence-electron chi connectivity index (χ2n) is 3.21. The van der Waals surface area contributed by atoms with Crippen molar-refractivity contribution in [2.75, 3.05) is 6.54 Å². The molecule has 0 radical (unpaired) electrons. The Morgan fingerprint density at radius 1 is 1.44 bits per heavy atom. The van der Waals surface area contributed by atoms with E-state index in [9.17, 15) is 22.8 Å². The molecule has 16 heavy (non-hydrogen) atoms. The van der Waals surface area contributed by atoms with Gasteiger partial charge in [-0.25, -0.2) is 9.36 Å². The van der Waals surface area contributed by atoms with Crippen LogP contribution in [0.25, 0.3) is 0 Å². The number of nitrogens with zero attached hydrogens (tertiary/aromatic N) is 2. The van der Waals surface area contributed by atoms with Crippen LogP contribution in [-0.4, -0.2) is 21.9 Å². The minimum atomic E-state index is -4.73. The Kier molecular flexibility index (Phi) is 3.22. The van der Waals surface area contributed by atoms with Gasteiger partial charge in [-0.2, -0.15) is 13.2 Å². The maximum atomic E-state index is 12.5. The van der Waals surface area contributed by atoms with Crippen molar-refractivity contribution in [3.8, 4) is 0 Å². The normalized spacial score (nSPS) is 13.8. The van der Waals surface area contributed by atoms with Crippen LogP contribution in [0.5, 0.6) is 0 Å². The number of hydrogen-bond donors (Lipinski definition) is 1. The zero-order valence-corrected chi connectivity index (χ0v) is 8.36. The third kappa shape index (κ3) is 2.16. The average molecular weight is 237 g/mol. The molecule has 8 heteroatoms. The molecule has 0 aliphatic rings. The van der Waals surface area contributed by atoms with E-state index in [1.165, 1.54) is 7.05 Å². The SMILES string of the molecule is Cn1ccc(=O)n(C(CN)C(F)(F)F)c1=O. The van der Waals surface area contributed by atoms with Crippen molar-refractivity contribution in [2.24, 2.45) is 12.8 Å². The van der Waals surface area contributed by atoms with Crippen LogP contribution < -0.4 is 17.0 Å². The van der Waals surface area contributed by atoms with E-state index in [-0.39, 0.29) is 4.57 Å². The molecule has 5 nitrogen and oxygen atoms in total. The summed E-state index contributed by atoms with van der Waals surface area (Å²) in [6.45, 7) is -0.858. The molecule has 1 aromatic heterocycles. The molecule has 0 aliphatic heterocycles. The Morgan fingerprint density at radius 3 is 2.44 bits per heavy atom. The number of halogens is 3. The van der Waals surface area contributed by atoms with E-state index < -0.39 is 30.0 Å². The summed E-state index contributed by atoms with van der Waals surface area (Å²) in [5, 5.41) is 0. The lowest BCUT2D eigenvalue weighted by Gasteiger charge is -2.20. The van der Waals surface area contributed by atoms with Gasteiger partial charge in [0.1, 0.15) is 6.04 Å². The highest BCUT2D eigenvalue weighted by molar-refractivity contribution is 4.90. The van der Waals surface area contributed by atoms with Crippen molar-refractivity contribution in [3.05, 3.63) is 33.1 Å². The quantitative estimate of drug-likeness (QED) is 0.761. The predicted molar refractivity (Wildman–Crippen MR) is 50.1 cm³/mol. The van der Waals surface area contributed by atoms with E-state index in [4.69, 9.17) is 5.73 Å². The lowest BCUT2D eigenvalue weighted by molar-refractivity contribution is -0.166. The summed E-state index contributed by atoms with van der Waals surface area (Å²) in [7, 11) is 1.25. The van der Waals surface area contributed by atoms with Crippen LogP contribution in [0.3, 0.4) is 0 Å². The first-order valence-corrected chi connectivity index (χ1v) is 4.34. The van der Waals surface area contributed by atoms with Crippen LogP contribution in [0.15, 0.2) is 21.9 Å². The molecule has 0 aliphatic carbocycles. The first-order chi connectivity index (χ1) is 7.29. The molecule has 0 saturated heterocycles. The van der Waals surface area contributed by atoms with E-state index in [1.807, 2.05) is 0 Å². The summed E-state index contributed by atoms with van der Waals surface area (Å²) < 4.78 is 38.5. The van der Waals surface area contributed by atoms with Crippen molar-refractivity contribution < 1.29 is 13.2 Å². The summed E-state index contributed by atoms with van der Waals surface area (Å²) in [5.74, 6) is 0. The molecule has 0 amide bonds. The highest BCUT2D eigenvalue weighted by Gasteiger charge is 2.41. The van der Waals surface area contributed by atoms with Gasteiger partial charge in [-0.1, -0.05) is 0 Å². The van der Waals surface area contributed by atoms with Crippen LogP contribution in [0, 0.1) is 0 Å². The van der Waals surface area contributed by atoms with Gasteiger partial charge in [0.15, 0.2) is 0 Å². The van der Waals surface area contributed by atoms with Crippen molar-refractivity contribution in [3.63, 3.8) is 0 Å². The lowest BCUT2D eigenvalue weighted by atomic mass is 10.3. The molecular weight excluding hydrogens is 227 g/mol. The minimum absolute atomic E-state index is 0.111. The number of aryl methyl sites for hydroxylation is 1. The molecule has 0 bridgehead atoms. The molecule has 1 aromatic rings. The lowest BCUT2D eigenvalue weighted by Crippen LogP contribution is -2.47. The third-order valence-electron chi connectivity index (χ3n) is 2.10. The largest absolute Gasteiger partial charge is 0.410 e. The predicted octanol–water partition coefficient (Wildman–Crippen LogP) is -0.391. The van der Waals surface area contributed by atoms with E-state index in [0.29, 0.717) is 0 Å². The smallest absolute Gasteiger partial charge is 0.328 e. The van der Waals surface area contributed by atoms with Gasteiger partial charge in [0, 0.05) is 25.9 Å². The summed E-state index contributed by atoms with van der Waals surface area (Å²) in [6.07, 6.45) is -3.63. The van der Waals surface area contributed by atoms with Crippen molar-refractivity contribution in [2.45, 2.75) is 12.2 Å². The fraction of sp³-hybridized carbons (Fsp3) is 0.500. The Labute approximate surface area is 87.9 Å². The third-order valence-corrected chi connectivity index (χ3v) is 2.10. The fourth-order valence-electron chi connectivity index (χ4n) is 1.26. The summed E-state index contributed by atoms with van der Waals surface area (Å²) in [5.41, 5.74) is 2.89. The molecule has 1 unspecified atom stereocenters. The number of alkyl halides is 3. The van der Waals surface area contributed by atoms with Crippen molar-refractivity contribution in [1.82, 2.24) is 9.13 Å². The highest BCUT2D eigenvalue weighted by atomic mass is 19.4. The molecule has 0 spiro atoms. The molecule has 2 N–H and O–H groups in total. The average Bonchev–Trinajstić information content (AvgIpc) is 2.16. The summed E-state index contributed by atoms with van der Waals surface area (Å²) in [4.78, 5) is 22.6. The van der Waals surface area contributed by atoms with Gasteiger partial charge in [0.05, 0.1) is 0 Å². The Bertz CT molecular complexity index is 489. The van der Waals surface area contributed by atoms with Gasteiger partial charge in [0.2, 0.25) is 0 Å². The van der Waals surface area contributed by atoms with Crippen LogP contribution >= 0.6 is 0 Å². The van der Waals surface area contributed by atoms with Gasteiger partial charge in [-0.15, -0.1) is 0 Å². The Hall–Kier alpha value is -1.57. The number of aromatic nitrogens is 2. The number of hydrogen-bond acceptors (Lipinski definition) is 3. The van der Waals surface area contributed by atoms with Crippen molar-refractivity contribution in [1.29, 1.82) is 0 Å². The zero-order valence-electron chi connectivity index (χ0n) is 8.36. The molecule has 0 fully saturated rings. The molecule has 90 valence electrons. The molecular formula is C8H10F3N3O2. The fourth-order valence-corrected chi connectivity index (χ4v) is 1.26. The molecule has 1 heterocycles. The monoisotopic (exact) mass is 237 g/mol. The van der Waals surface area contributed by atoms with Crippen LogP contribution in [0.4, 0.5) is 13.2 Å². The van der Waals surface area contributed by atoms with Crippen LogP contribution in [0.1, 0.15) is 6.04 Å². The maximum Gasteiger partial charge on any atom is 0.410 e. The molecule has 1 atom stereocenters. The van der Waals surface area contributed by atoms with Crippen molar-refractivity contribution >= 4 is 0 Å². The van der Waals surface area contributed by atoms with E-state index in [2.05, 4.69) is 0 Å². The summed E-state index contributed by atoms with van der Waals surface area (Å²) >= 11 is 0. The zero-order chi connectivity index (χ0) is 12.5. The van der Waals surface area contributed by atoms with E-state index in [1.54, 1.807) is 0 Å². The molecule has 1 rings (SSSR count). The van der Waals surface area contributed by atoms with Crippen LogP contribution in [0.2, 0.25) is 0 Å². The minimum Gasteiger partial charge on any atom is -0.328 e. The Balaban J connectivity index is 3.48.